The minimum absolute atomic E-state index is 0.0311. The summed E-state index contributed by atoms with van der Waals surface area (Å²) in [4.78, 5) is 23.8. The van der Waals surface area contributed by atoms with E-state index >= 15 is 0 Å². The average molecular weight is 350 g/mol. The fraction of sp³-hybridized carbons (Fsp3) is 0.333. The van der Waals surface area contributed by atoms with Crippen LogP contribution in [0.4, 0.5) is 10.5 Å². The predicted octanol–water partition coefficient (Wildman–Crippen LogP) is 3.51. The Morgan fingerprint density at radius 1 is 1.12 bits per heavy atom. The molecule has 0 aromatic heterocycles. The Bertz CT molecular complexity index is 819. The lowest BCUT2D eigenvalue weighted by atomic mass is 9.96. The lowest BCUT2D eigenvalue weighted by molar-refractivity contribution is 0.0994. The molecule has 5 nitrogen and oxygen atoms in total. The van der Waals surface area contributed by atoms with Crippen LogP contribution < -0.4 is 10.6 Å². The molecular formula is C21H22N2O3. The number of rotatable bonds is 4. The highest BCUT2D eigenvalue weighted by atomic mass is 16.5. The Hall–Kier alpha value is -2.66. The van der Waals surface area contributed by atoms with E-state index in [1.54, 1.807) is 12.1 Å². The molecule has 5 heteroatoms. The molecule has 1 aliphatic carbocycles. The molecule has 0 spiro atoms. The second kappa shape index (κ2) is 7.30. The summed E-state index contributed by atoms with van der Waals surface area (Å²) < 4.78 is 5.81. The standard InChI is InChI=1S/C21H22N2O3/c24-20-9-6-15-10-17(7-8-19(15)20)23-21(25)22-12-18-11-16(13-26-18)14-4-2-1-3-5-14/h1-5,7-8,10,16,18H,6,9,11-13H2,(H2,22,23,25)/t16-,18-/m0/s1. The Labute approximate surface area is 152 Å². The van der Waals surface area contributed by atoms with Gasteiger partial charge >= 0.3 is 6.03 Å². The van der Waals surface area contributed by atoms with E-state index in [9.17, 15) is 9.59 Å². The van der Waals surface area contributed by atoms with Gasteiger partial charge in [-0.25, -0.2) is 4.79 Å². The Balaban J connectivity index is 1.27. The summed E-state index contributed by atoms with van der Waals surface area (Å²) >= 11 is 0. The van der Waals surface area contributed by atoms with E-state index in [1.165, 1.54) is 5.56 Å². The number of carbonyl (C=O) groups is 2. The van der Waals surface area contributed by atoms with Crippen LogP contribution in [-0.4, -0.2) is 31.1 Å². The maximum atomic E-state index is 12.1. The third-order valence-electron chi connectivity index (χ3n) is 5.13. The Kier molecular flexibility index (Phi) is 4.71. The fourth-order valence-corrected chi connectivity index (χ4v) is 3.72. The molecule has 0 unspecified atom stereocenters. The van der Waals surface area contributed by atoms with Gasteiger partial charge in [-0.2, -0.15) is 0 Å². The van der Waals surface area contributed by atoms with Crippen molar-refractivity contribution < 1.29 is 14.3 Å². The van der Waals surface area contributed by atoms with Gasteiger partial charge in [0.25, 0.3) is 0 Å². The molecule has 2 amide bonds. The molecule has 0 saturated carbocycles. The van der Waals surface area contributed by atoms with E-state index in [2.05, 4.69) is 22.8 Å². The normalized spacial score (nSPS) is 21.5. The highest BCUT2D eigenvalue weighted by molar-refractivity contribution is 6.01. The molecule has 2 aliphatic rings. The van der Waals surface area contributed by atoms with Gasteiger partial charge in [0.1, 0.15) is 0 Å². The first-order valence-corrected chi connectivity index (χ1v) is 9.06. The van der Waals surface area contributed by atoms with Gasteiger partial charge in [-0.05, 0) is 42.2 Å². The van der Waals surface area contributed by atoms with E-state index in [4.69, 9.17) is 4.74 Å². The molecule has 1 aliphatic heterocycles. The molecule has 4 rings (SSSR count). The van der Waals surface area contributed by atoms with Gasteiger partial charge < -0.3 is 15.4 Å². The third kappa shape index (κ3) is 3.63. The number of benzene rings is 2. The molecule has 0 radical (unpaired) electrons. The van der Waals surface area contributed by atoms with Crippen molar-refractivity contribution in [3.8, 4) is 0 Å². The minimum Gasteiger partial charge on any atom is -0.376 e. The third-order valence-corrected chi connectivity index (χ3v) is 5.13. The number of ketones is 1. The Morgan fingerprint density at radius 2 is 1.96 bits per heavy atom. The van der Waals surface area contributed by atoms with Crippen LogP contribution >= 0.6 is 0 Å². The number of Topliss-reactive ketones (excluding diaryl/α,β-unsaturated/α-hetero) is 1. The van der Waals surface area contributed by atoms with Crippen molar-refractivity contribution in [1.82, 2.24) is 5.32 Å². The first kappa shape index (κ1) is 16.8. The number of hydrogen-bond acceptors (Lipinski definition) is 3. The van der Waals surface area contributed by atoms with Crippen molar-refractivity contribution in [2.75, 3.05) is 18.5 Å². The van der Waals surface area contributed by atoms with Crippen LogP contribution in [0.3, 0.4) is 0 Å². The fourth-order valence-electron chi connectivity index (χ4n) is 3.72. The Morgan fingerprint density at radius 3 is 2.81 bits per heavy atom. The maximum absolute atomic E-state index is 12.1. The van der Waals surface area contributed by atoms with Crippen LogP contribution in [0.25, 0.3) is 0 Å². The first-order valence-electron chi connectivity index (χ1n) is 9.06. The summed E-state index contributed by atoms with van der Waals surface area (Å²) in [7, 11) is 0. The molecule has 2 aromatic rings. The largest absolute Gasteiger partial charge is 0.376 e. The van der Waals surface area contributed by atoms with E-state index in [-0.39, 0.29) is 17.9 Å². The number of amides is 2. The SMILES string of the molecule is O=C(NC[C@@H]1C[C@H](c2ccccc2)CO1)Nc1ccc2c(c1)CCC2=O. The van der Waals surface area contributed by atoms with Gasteiger partial charge in [0.05, 0.1) is 12.7 Å². The number of fused-ring (bicyclic) bond motifs is 1. The second-order valence-corrected chi connectivity index (χ2v) is 6.93. The summed E-state index contributed by atoms with van der Waals surface area (Å²) in [5, 5.41) is 5.72. The lowest BCUT2D eigenvalue weighted by Gasteiger charge is -2.13. The summed E-state index contributed by atoms with van der Waals surface area (Å²) in [6.07, 6.45) is 2.25. The zero-order valence-corrected chi connectivity index (χ0v) is 14.5. The average Bonchev–Trinajstić information content (AvgIpc) is 3.28. The smallest absolute Gasteiger partial charge is 0.319 e. The van der Waals surface area contributed by atoms with Crippen molar-refractivity contribution in [2.24, 2.45) is 0 Å². The quantitative estimate of drug-likeness (QED) is 0.887. The summed E-state index contributed by atoms with van der Waals surface area (Å²) in [6.45, 7) is 1.18. The van der Waals surface area contributed by atoms with Gasteiger partial charge in [0.2, 0.25) is 0 Å². The second-order valence-electron chi connectivity index (χ2n) is 6.93. The van der Waals surface area contributed by atoms with Gasteiger partial charge in [-0.1, -0.05) is 30.3 Å². The van der Waals surface area contributed by atoms with Crippen LogP contribution in [0.1, 0.15) is 40.2 Å². The summed E-state index contributed by atoms with van der Waals surface area (Å²) in [6, 6.07) is 15.5. The highest BCUT2D eigenvalue weighted by Crippen LogP contribution is 2.29. The van der Waals surface area contributed by atoms with E-state index in [1.807, 2.05) is 24.3 Å². The molecule has 1 fully saturated rings. The van der Waals surface area contributed by atoms with E-state index in [0.29, 0.717) is 31.2 Å². The van der Waals surface area contributed by atoms with Crippen LogP contribution in [0.5, 0.6) is 0 Å². The van der Waals surface area contributed by atoms with Gasteiger partial charge in [-0.3, -0.25) is 4.79 Å². The number of hydrogen-bond donors (Lipinski definition) is 2. The molecule has 2 atom stereocenters. The summed E-state index contributed by atoms with van der Waals surface area (Å²) in [5.41, 5.74) is 3.79. The number of ether oxygens (including phenoxy) is 1. The van der Waals surface area contributed by atoms with Crippen LogP contribution in [0.15, 0.2) is 48.5 Å². The van der Waals surface area contributed by atoms with Crippen molar-refractivity contribution in [3.05, 3.63) is 65.2 Å². The van der Waals surface area contributed by atoms with Crippen LogP contribution in [0, 0.1) is 0 Å². The van der Waals surface area contributed by atoms with Gasteiger partial charge in [0.15, 0.2) is 5.78 Å². The predicted molar refractivity (Wildman–Crippen MR) is 99.7 cm³/mol. The van der Waals surface area contributed by atoms with Crippen LogP contribution in [0.2, 0.25) is 0 Å². The number of urea groups is 1. The van der Waals surface area contributed by atoms with Crippen molar-refractivity contribution >= 4 is 17.5 Å². The van der Waals surface area contributed by atoms with Crippen LogP contribution in [-0.2, 0) is 11.2 Å². The maximum Gasteiger partial charge on any atom is 0.319 e. The van der Waals surface area contributed by atoms with Crippen molar-refractivity contribution in [3.63, 3.8) is 0 Å². The first-order chi connectivity index (χ1) is 12.7. The molecule has 1 heterocycles. The highest BCUT2D eigenvalue weighted by Gasteiger charge is 2.27. The monoisotopic (exact) mass is 350 g/mol. The zero-order valence-electron chi connectivity index (χ0n) is 14.5. The molecule has 134 valence electrons. The summed E-state index contributed by atoms with van der Waals surface area (Å²) in [5.74, 6) is 0.572. The van der Waals surface area contributed by atoms with Crippen molar-refractivity contribution in [1.29, 1.82) is 0 Å². The number of nitrogens with one attached hydrogen (secondary N) is 2. The van der Waals surface area contributed by atoms with E-state index < -0.39 is 0 Å². The minimum atomic E-state index is -0.249. The molecule has 26 heavy (non-hydrogen) atoms. The zero-order chi connectivity index (χ0) is 17.9. The molecule has 0 bridgehead atoms. The van der Waals surface area contributed by atoms with E-state index in [0.717, 1.165) is 24.0 Å². The molecular weight excluding hydrogens is 328 g/mol. The number of anilines is 1. The lowest BCUT2D eigenvalue weighted by Crippen LogP contribution is -2.35. The van der Waals surface area contributed by atoms with Crippen molar-refractivity contribution in [2.45, 2.75) is 31.3 Å². The molecule has 1 saturated heterocycles. The molecule has 2 aromatic carbocycles. The number of carbonyl (C=O) groups excluding carboxylic acids is 2. The van der Waals surface area contributed by atoms with Gasteiger partial charge in [-0.15, -0.1) is 0 Å². The van der Waals surface area contributed by atoms with Gasteiger partial charge in [0, 0.05) is 30.1 Å². The number of aryl methyl sites for hydroxylation is 1. The molecule has 2 N–H and O–H groups in total. The topological polar surface area (TPSA) is 67.4 Å².